The molecule has 114 valence electrons. The zero-order valence-electron chi connectivity index (χ0n) is 12.9. The number of nitrogens with zero attached hydrogens (tertiary/aromatic N) is 2. The molecule has 22 heavy (non-hydrogen) atoms. The van der Waals surface area contributed by atoms with Crippen molar-refractivity contribution in [3.63, 3.8) is 0 Å². The van der Waals surface area contributed by atoms with Crippen LogP contribution in [0, 0.1) is 0 Å². The highest BCUT2D eigenvalue weighted by molar-refractivity contribution is 7.98. The number of aryl methyl sites for hydroxylation is 1. The lowest BCUT2D eigenvalue weighted by Crippen LogP contribution is -2.26. The number of rotatable bonds is 4. The second-order valence-corrected chi connectivity index (χ2v) is 7.03. The molecule has 0 aliphatic carbocycles. The first-order chi connectivity index (χ1) is 10.7. The Bertz CT molecular complexity index is 852. The summed E-state index contributed by atoms with van der Waals surface area (Å²) in [6, 6.07) is 12.1. The molecule has 5 heteroatoms. The molecule has 0 aliphatic rings. The lowest BCUT2D eigenvalue weighted by Gasteiger charge is -2.18. The summed E-state index contributed by atoms with van der Waals surface area (Å²) in [5.74, 6) is 0. The van der Waals surface area contributed by atoms with Crippen LogP contribution in [0.1, 0.15) is 30.3 Å². The SMILES string of the molecule is CCc1cc2c(=O)n(C(C)c3ccccc3)c(SC)nc2s1. The second kappa shape index (κ2) is 6.26. The molecule has 0 aliphatic heterocycles. The van der Waals surface area contributed by atoms with Crippen molar-refractivity contribution in [1.82, 2.24) is 9.55 Å². The Labute approximate surface area is 138 Å². The average molecular weight is 330 g/mol. The van der Waals surface area contributed by atoms with Gasteiger partial charge in [0.1, 0.15) is 4.83 Å². The first-order valence-electron chi connectivity index (χ1n) is 7.29. The zero-order chi connectivity index (χ0) is 15.7. The highest BCUT2D eigenvalue weighted by atomic mass is 32.2. The molecule has 1 unspecified atom stereocenters. The van der Waals surface area contributed by atoms with E-state index in [0.717, 1.165) is 27.4 Å². The molecule has 0 saturated heterocycles. The summed E-state index contributed by atoms with van der Waals surface area (Å²) < 4.78 is 1.81. The lowest BCUT2D eigenvalue weighted by atomic mass is 10.1. The van der Waals surface area contributed by atoms with Gasteiger partial charge in [-0.05, 0) is 31.2 Å². The summed E-state index contributed by atoms with van der Waals surface area (Å²) in [5.41, 5.74) is 1.17. The van der Waals surface area contributed by atoms with Crippen LogP contribution in [0.5, 0.6) is 0 Å². The highest BCUT2D eigenvalue weighted by Crippen LogP contribution is 2.27. The van der Waals surface area contributed by atoms with Gasteiger partial charge in [0, 0.05) is 4.88 Å². The predicted octanol–water partition coefficient (Wildman–Crippen LogP) is 4.35. The third kappa shape index (κ3) is 2.59. The maximum Gasteiger partial charge on any atom is 0.263 e. The van der Waals surface area contributed by atoms with Gasteiger partial charge in [-0.15, -0.1) is 11.3 Å². The Morgan fingerprint density at radius 3 is 2.68 bits per heavy atom. The van der Waals surface area contributed by atoms with Gasteiger partial charge < -0.3 is 0 Å². The predicted molar refractivity (Wildman–Crippen MR) is 95.3 cm³/mol. The first kappa shape index (κ1) is 15.3. The second-order valence-electron chi connectivity index (χ2n) is 5.15. The highest BCUT2D eigenvalue weighted by Gasteiger charge is 2.18. The third-order valence-electron chi connectivity index (χ3n) is 3.82. The van der Waals surface area contributed by atoms with Gasteiger partial charge in [-0.25, -0.2) is 4.98 Å². The van der Waals surface area contributed by atoms with Gasteiger partial charge in [-0.3, -0.25) is 9.36 Å². The number of fused-ring (bicyclic) bond motifs is 1. The Morgan fingerprint density at radius 1 is 1.32 bits per heavy atom. The van der Waals surface area contributed by atoms with Crippen molar-refractivity contribution >= 4 is 33.3 Å². The summed E-state index contributed by atoms with van der Waals surface area (Å²) in [7, 11) is 0. The summed E-state index contributed by atoms with van der Waals surface area (Å²) >= 11 is 3.14. The van der Waals surface area contributed by atoms with E-state index in [-0.39, 0.29) is 11.6 Å². The van der Waals surface area contributed by atoms with Crippen molar-refractivity contribution < 1.29 is 0 Å². The fourth-order valence-electron chi connectivity index (χ4n) is 2.57. The quantitative estimate of drug-likeness (QED) is 0.527. The maximum atomic E-state index is 13.0. The molecule has 0 fully saturated rings. The Hall–Kier alpha value is -1.59. The molecule has 0 spiro atoms. The van der Waals surface area contributed by atoms with E-state index >= 15 is 0 Å². The van der Waals surface area contributed by atoms with Gasteiger partial charge in [0.05, 0.1) is 11.4 Å². The van der Waals surface area contributed by atoms with Crippen molar-refractivity contribution in [1.29, 1.82) is 0 Å². The van der Waals surface area contributed by atoms with E-state index in [1.54, 1.807) is 11.3 Å². The van der Waals surface area contributed by atoms with Crippen molar-refractivity contribution in [3.05, 3.63) is 57.2 Å². The maximum absolute atomic E-state index is 13.0. The van der Waals surface area contributed by atoms with Crippen LogP contribution in [0.15, 0.2) is 46.3 Å². The molecule has 0 bridgehead atoms. The molecule has 2 aromatic heterocycles. The first-order valence-corrected chi connectivity index (χ1v) is 9.33. The van der Waals surface area contributed by atoms with Gasteiger partial charge in [-0.1, -0.05) is 49.0 Å². The van der Waals surface area contributed by atoms with E-state index in [2.05, 4.69) is 26.0 Å². The van der Waals surface area contributed by atoms with Crippen molar-refractivity contribution in [2.45, 2.75) is 31.5 Å². The number of aromatic nitrogens is 2. The molecule has 0 saturated carbocycles. The van der Waals surface area contributed by atoms with Gasteiger partial charge >= 0.3 is 0 Å². The summed E-state index contributed by atoms with van der Waals surface area (Å²) in [5, 5.41) is 1.51. The normalized spacial score (nSPS) is 12.7. The molecule has 3 aromatic rings. The van der Waals surface area contributed by atoms with Crippen molar-refractivity contribution in [2.75, 3.05) is 6.26 Å². The van der Waals surface area contributed by atoms with E-state index in [4.69, 9.17) is 4.98 Å². The molecule has 1 aromatic carbocycles. The van der Waals surface area contributed by atoms with Gasteiger partial charge in [0.25, 0.3) is 5.56 Å². The molecule has 3 rings (SSSR count). The average Bonchev–Trinajstić information content (AvgIpc) is 2.98. The lowest BCUT2D eigenvalue weighted by molar-refractivity contribution is 0.550. The summed E-state index contributed by atoms with van der Waals surface area (Å²) in [6.45, 7) is 4.16. The topological polar surface area (TPSA) is 34.9 Å². The van der Waals surface area contributed by atoms with E-state index in [9.17, 15) is 4.79 Å². The molecule has 1 atom stereocenters. The van der Waals surface area contributed by atoms with Crippen LogP contribution in [-0.4, -0.2) is 15.8 Å². The van der Waals surface area contributed by atoms with Crippen LogP contribution < -0.4 is 5.56 Å². The largest absolute Gasteiger partial charge is 0.280 e. The number of hydrogen-bond donors (Lipinski definition) is 0. The molecule has 3 nitrogen and oxygen atoms in total. The molecular formula is C17H18N2OS2. The Morgan fingerprint density at radius 2 is 2.05 bits per heavy atom. The fourth-order valence-corrected chi connectivity index (χ4v) is 4.20. The Balaban J connectivity index is 2.23. The van der Waals surface area contributed by atoms with Crippen LogP contribution in [0.2, 0.25) is 0 Å². The molecule has 0 amide bonds. The zero-order valence-corrected chi connectivity index (χ0v) is 14.5. The summed E-state index contributed by atoms with van der Waals surface area (Å²) in [6.07, 6.45) is 2.90. The van der Waals surface area contributed by atoms with Crippen LogP contribution in [0.25, 0.3) is 10.2 Å². The summed E-state index contributed by atoms with van der Waals surface area (Å²) in [4.78, 5) is 19.7. The van der Waals surface area contributed by atoms with Crippen LogP contribution in [0.4, 0.5) is 0 Å². The standard InChI is InChI=1S/C17H18N2OS2/c1-4-13-10-14-15(22-13)18-17(21-3)19(16(14)20)11(2)12-8-6-5-7-9-12/h5-11H,4H2,1-3H3. The van der Waals surface area contributed by atoms with E-state index in [1.165, 1.54) is 16.6 Å². The molecular weight excluding hydrogens is 312 g/mol. The smallest absolute Gasteiger partial charge is 0.263 e. The van der Waals surface area contributed by atoms with Gasteiger partial charge in [-0.2, -0.15) is 0 Å². The van der Waals surface area contributed by atoms with Gasteiger partial charge in [0.15, 0.2) is 5.16 Å². The van der Waals surface area contributed by atoms with Crippen LogP contribution >= 0.6 is 23.1 Å². The van der Waals surface area contributed by atoms with E-state index in [0.29, 0.717) is 0 Å². The minimum absolute atomic E-state index is 0.0296. The van der Waals surface area contributed by atoms with Gasteiger partial charge in [0.2, 0.25) is 0 Å². The van der Waals surface area contributed by atoms with Crippen molar-refractivity contribution in [3.8, 4) is 0 Å². The Kier molecular flexibility index (Phi) is 4.36. The number of thiophene rings is 1. The number of thioether (sulfide) groups is 1. The van der Waals surface area contributed by atoms with Crippen LogP contribution in [0.3, 0.4) is 0 Å². The molecule has 0 N–H and O–H groups in total. The molecule has 0 radical (unpaired) electrons. The third-order valence-corrected chi connectivity index (χ3v) is 5.64. The minimum atomic E-state index is -0.0296. The number of hydrogen-bond acceptors (Lipinski definition) is 4. The minimum Gasteiger partial charge on any atom is -0.280 e. The number of benzene rings is 1. The van der Waals surface area contributed by atoms with Crippen LogP contribution in [-0.2, 0) is 6.42 Å². The monoisotopic (exact) mass is 330 g/mol. The van der Waals surface area contributed by atoms with E-state index in [1.807, 2.05) is 35.1 Å². The molecule has 2 heterocycles. The van der Waals surface area contributed by atoms with E-state index < -0.39 is 0 Å². The fraction of sp³-hybridized carbons (Fsp3) is 0.294. The van der Waals surface area contributed by atoms with Crippen molar-refractivity contribution in [2.24, 2.45) is 0 Å².